The second-order valence-electron chi connectivity index (χ2n) is 9.34. The smallest absolute Gasteiger partial charge is 0.287 e. The summed E-state index contributed by atoms with van der Waals surface area (Å²) in [5.74, 6) is -2.45. The number of nitrogens with two attached hydrogens (primary N) is 1. The number of rotatable bonds is 10. The summed E-state index contributed by atoms with van der Waals surface area (Å²) in [6, 6.07) is 20.0. The SMILES string of the molecule is CC(c1ccc(C=Cc2ncccc2C(=O)NC(Cc2ccccc2)C(=O)C(N)=O)cc1)N1CCNCC1. The molecule has 38 heavy (non-hydrogen) atoms. The largest absolute Gasteiger partial charge is 0.363 e. The predicted octanol–water partition coefficient (Wildman–Crippen LogP) is 2.61. The van der Waals surface area contributed by atoms with Crippen LogP contribution in [0.15, 0.2) is 72.9 Å². The number of benzene rings is 2. The third-order valence-electron chi connectivity index (χ3n) is 6.78. The molecule has 0 saturated carbocycles. The maximum atomic E-state index is 13.2. The number of nitrogens with one attached hydrogen (secondary N) is 2. The van der Waals surface area contributed by atoms with Gasteiger partial charge in [-0.2, -0.15) is 0 Å². The summed E-state index contributed by atoms with van der Waals surface area (Å²) in [5, 5.41) is 6.06. The van der Waals surface area contributed by atoms with Crippen LogP contribution in [0.2, 0.25) is 0 Å². The molecule has 0 radical (unpaired) electrons. The van der Waals surface area contributed by atoms with Crippen molar-refractivity contribution in [2.75, 3.05) is 26.2 Å². The van der Waals surface area contributed by atoms with E-state index in [1.165, 1.54) is 5.56 Å². The average Bonchev–Trinajstić information content (AvgIpc) is 2.96. The highest BCUT2D eigenvalue weighted by molar-refractivity contribution is 6.38. The van der Waals surface area contributed by atoms with Crippen LogP contribution in [-0.4, -0.2) is 59.7 Å². The third-order valence-corrected chi connectivity index (χ3v) is 6.78. The van der Waals surface area contributed by atoms with E-state index in [0.717, 1.165) is 37.3 Å². The number of Topliss-reactive ketones (excluding diaryl/α,β-unsaturated/α-hetero) is 1. The molecule has 1 aromatic heterocycles. The highest BCUT2D eigenvalue weighted by Gasteiger charge is 2.26. The van der Waals surface area contributed by atoms with E-state index in [0.29, 0.717) is 17.3 Å². The van der Waals surface area contributed by atoms with E-state index >= 15 is 0 Å². The number of carbonyl (C=O) groups is 3. The summed E-state index contributed by atoms with van der Waals surface area (Å²) in [4.78, 5) is 44.1. The van der Waals surface area contributed by atoms with Gasteiger partial charge in [0.1, 0.15) is 6.04 Å². The number of hydrogen-bond acceptors (Lipinski definition) is 6. The number of nitrogens with zero attached hydrogens (tertiary/aromatic N) is 2. The minimum Gasteiger partial charge on any atom is -0.363 e. The van der Waals surface area contributed by atoms with Crippen LogP contribution in [0.4, 0.5) is 0 Å². The van der Waals surface area contributed by atoms with Gasteiger partial charge in [-0.25, -0.2) is 0 Å². The van der Waals surface area contributed by atoms with Crippen LogP contribution in [0.1, 0.15) is 45.7 Å². The van der Waals surface area contributed by atoms with Crippen LogP contribution in [0.3, 0.4) is 0 Å². The van der Waals surface area contributed by atoms with E-state index < -0.39 is 23.6 Å². The number of piperazine rings is 1. The first kappa shape index (κ1) is 26.9. The number of primary amides is 1. The number of pyridine rings is 1. The Hall–Kier alpha value is -4.14. The van der Waals surface area contributed by atoms with E-state index in [1.807, 2.05) is 36.4 Å². The Labute approximate surface area is 222 Å². The molecule has 8 nitrogen and oxygen atoms in total. The predicted molar refractivity (Wildman–Crippen MR) is 148 cm³/mol. The molecule has 0 bridgehead atoms. The van der Waals surface area contributed by atoms with Crippen LogP contribution in [0.25, 0.3) is 12.2 Å². The first-order valence-corrected chi connectivity index (χ1v) is 12.8. The number of carbonyl (C=O) groups excluding carboxylic acids is 3. The maximum absolute atomic E-state index is 13.2. The maximum Gasteiger partial charge on any atom is 0.287 e. The van der Waals surface area contributed by atoms with Crippen LogP contribution >= 0.6 is 0 Å². The van der Waals surface area contributed by atoms with Crippen LogP contribution in [-0.2, 0) is 16.0 Å². The summed E-state index contributed by atoms with van der Waals surface area (Å²) in [6.07, 6.45) is 5.42. The Balaban J connectivity index is 1.47. The fraction of sp³-hybridized carbons (Fsp3) is 0.267. The van der Waals surface area contributed by atoms with Crippen molar-refractivity contribution >= 4 is 29.7 Å². The van der Waals surface area contributed by atoms with Crippen molar-refractivity contribution in [3.05, 3.63) is 101 Å². The molecule has 196 valence electrons. The van der Waals surface area contributed by atoms with Crippen molar-refractivity contribution < 1.29 is 14.4 Å². The molecule has 0 aliphatic carbocycles. The molecule has 2 unspecified atom stereocenters. The van der Waals surface area contributed by atoms with Crippen LogP contribution in [0, 0.1) is 0 Å². The summed E-state index contributed by atoms with van der Waals surface area (Å²) in [6.45, 7) is 6.31. The Bertz CT molecular complexity index is 1280. The van der Waals surface area contributed by atoms with Gasteiger partial charge in [-0.05, 0) is 41.8 Å². The molecule has 2 amide bonds. The fourth-order valence-electron chi connectivity index (χ4n) is 4.55. The minimum absolute atomic E-state index is 0.151. The van der Waals surface area contributed by atoms with Gasteiger partial charge in [0.05, 0.1) is 11.3 Å². The molecule has 1 fully saturated rings. The van der Waals surface area contributed by atoms with E-state index in [4.69, 9.17) is 5.73 Å². The van der Waals surface area contributed by atoms with Gasteiger partial charge in [0.2, 0.25) is 5.78 Å². The summed E-state index contributed by atoms with van der Waals surface area (Å²) >= 11 is 0. The number of hydrogen-bond donors (Lipinski definition) is 3. The van der Waals surface area contributed by atoms with Gasteiger partial charge in [-0.15, -0.1) is 0 Å². The van der Waals surface area contributed by atoms with Crippen LogP contribution in [0.5, 0.6) is 0 Å². The topological polar surface area (TPSA) is 117 Å². The summed E-state index contributed by atoms with van der Waals surface area (Å²) in [7, 11) is 0. The zero-order chi connectivity index (χ0) is 26.9. The highest BCUT2D eigenvalue weighted by atomic mass is 16.2. The Kier molecular flexibility index (Phi) is 9.13. The molecular formula is C30H33N5O3. The fourth-order valence-corrected chi connectivity index (χ4v) is 4.55. The Morgan fingerprint density at radius 3 is 2.39 bits per heavy atom. The first-order valence-electron chi connectivity index (χ1n) is 12.8. The van der Waals surface area contributed by atoms with Gasteiger partial charge in [0.25, 0.3) is 11.8 Å². The van der Waals surface area contributed by atoms with Crippen molar-refractivity contribution in [2.45, 2.75) is 25.4 Å². The lowest BCUT2D eigenvalue weighted by atomic mass is 10.0. The molecule has 1 saturated heterocycles. The van der Waals surface area contributed by atoms with Crippen molar-refractivity contribution in [3.8, 4) is 0 Å². The minimum atomic E-state index is -1.09. The van der Waals surface area contributed by atoms with Gasteiger partial charge in [0.15, 0.2) is 0 Å². The lowest BCUT2D eigenvalue weighted by molar-refractivity contribution is -0.137. The zero-order valence-corrected chi connectivity index (χ0v) is 21.5. The van der Waals surface area contributed by atoms with Crippen LogP contribution < -0.4 is 16.4 Å². The lowest BCUT2D eigenvalue weighted by Crippen LogP contribution is -2.47. The molecule has 4 rings (SSSR count). The van der Waals surface area contributed by atoms with Gasteiger partial charge in [0, 0.05) is 44.8 Å². The molecule has 8 heteroatoms. The normalized spacial score (nSPS) is 15.6. The van der Waals surface area contributed by atoms with Gasteiger partial charge in [-0.1, -0.05) is 60.7 Å². The molecule has 2 heterocycles. The lowest BCUT2D eigenvalue weighted by Gasteiger charge is -2.33. The molecule has 3 aromatic rings. The quantitative estimate of drug-likeness (QED) is 0.360. The Morgan fingerprint density at radius 2 is 1.71 bits per heavy atom. The second-order valence-corrected chi connectivity index (χ2v) is 9.34. The summed E-state index contributed by atoms with van der Waals surface area (Å²) < 4.78 is 0. The number of amides is 2. The van der Waals surface area contributed by atoms with Gasteiger partial charge >= 0.3 is 0 Å². The number of ketones is 1. The van der Waals surface area contributed by atoms with Gasteiger partial charge < -0.3 is 16.4 Å². The molecule has 0 spiro atoms. The molecule has 2 atom stereocenters. The molecule has 1 aliphatic heterocycles. The van der Waals surface area contributed by atoms with Crippen molar-refractivity contribution in [1.29, 1.82) is 0 Å². The van der Waals surface area contributed by atoms with Gasteiger partial charge in [-0.3, -0.25) is 24.3 Å². The number of aromatic nitrogens is 1. The molecule has 1 aliphatic rings. The third kappa shape index (κ3) is 7.00. The van der Waals surface area contributed by atoms with E-state index in [-0.39, 0.29) is 6.42 Å². The van der Waals surface area contributed by atoms with Crippen molar-refractivity contribution in [3.63, 3.8) is 0 Å². The highest BCUT2D eigenvalue weighted by Crippen LogP contribution is 2.21. The standard InChI is InChI=1S/C30H33N5O3/c1-21(35-18-16-32-17-19-35)24-12-9-22(10-13-24)11-14-26-25(8-5-15-33-26)30(38)34-27(28(36)29(31)37)20-23-6-3-2-4-7-23/h2-15,21,27,32H,16-20H2,1H3,(H2,31,37)(H,34,38). The molecule has 2 aromatic carbocycles. The zero-order valence-electron chi connectivity index (χ0n) is 21.5. The second kappa shape index (κ2) is 12.9. The monoisotopic (exact) mass is 511 g/mol. The summed E-state index contributed by atoms with van der Waals surface area (Å²) in [5.41, 5.74) is 9.03. The Morgan fingerprint density at radius 1 is 1.00 bits per heavy atom. The van der Waals surface area contributed by atoms with E-state index in [1.54, 1.807) is 24.4 Å². The average molecular weight is 512 g/mol. The molecule has 4 N–H and O–H groups in total. The van der Waals surface area contributed by atoms with Crippen molar-refractivity contribution in [2.24, 2.45) is 5.73 Å². The van der Waals surface area contributed by atoms with E-state index in [9.17, 15) is 14.4 Å². The van der Waals surface area contributed by atoms with Crippen molar-refractivity contribution in [1.82, 2.24) is 20.5 Å². The molecular weight excluding hydrogens is 478 g/mol. The van der Waals surface area contributed by atoms with E-state index in [2.05, 4.69) is 51.7 Å². The first-order chi connectivity index (χ1) is 18.4.